The molecule has 0 saturated heterocycles. The van der Waals surface area contributed by atoms with Gasteiger partial charge in [0.1, 0.15) is 0 Å². The number of nitrogens with zero attached hydrogens (tertiary/aromatic N) is 2. The van der Waals surface area contributed by atoms with Gasteiger partial charge in [0.25, 0.3) is 0 Å². The lowest BCUT2D eigenvalue weighted by atomic mass is 10.2. The number of aryl methyl sites for hydroxylation is 1. The maximum absolute atomic E-state index is 11.6. The minimum absolute atomic E-state index is 0.294. The third-order valence-electron chi connectivity index (χ3n) is 2.46. The molecule has 0 saturated carbocycles. The number of carboxylic acids is 1. The predicted molar refractivity (Wildman–Crippen MR) is 79.3 cm³/mol. The zero-order chi connectivity index (χ0) is 14.2. The van der Waals surface area contributed by atoms with E-state index in [1.807, 2.05) is 6.07 Å². The molecule has 1 aromatic heterocycles. The van der Waals surface area contributed by atoms with Crippen LogP contribution in [0.15, 0.2) is 29.2 Å². The summed E-state index contributed by atoms with van der Waals surface area (Å²) in [5, 5.41) is 13.2. The van der Waals surface area contributed by atoms with E-state index in [9.17, 15) is 9.59 Å². The van der Waals surface area contributed by atoms with Crippen molar-refractivity contribution in [3.8, 4) is 5.69 Å². The van der Waals surface area contributed by atoms with Gasteiger partial charge >= 0.3 is 5.97 Å². The van der Waals surface area contributed by atoms with Crippen LogP contribution in [0.4, 0.5) is 0 Å². The highest BCUT2D eigenvalue weighted by Crippen LogP contribution is 2.22. The highest BCUT2D eigenvalue weighted by molar-refractivity contribution is 14.1. The molecule has 0 atom stereocenters. The summed E-state index contributed by atoms with van der Waals surface area (Å²) in [7, 11) is 0. The van der Waals surface area contributed by atoms with Gasteiger partial charge in [0.05, 0.1) is 10.7 Å². The first-order chi connectivity index (χ1) is 8.90. The van der Waals surface area contributed by atoms with E-state index in [1.54, 1.807) is 12.1 Å². The van der Waals surface area contributed by atoms with E-state index in [0.29, 0.717) is 16.3 Å². The number of hydrogen-bond acceptors (Lipinski definition) is 3. The van der Waals surface area contributed by atoms with Gasteiger partial charge in [0.2, 0.25) is 11.1 Å². The third-order valence-corrected chi connectivity index (χ3v) is 3.43. The highest BCUT2D eigenvalue weighted by atomic mass is 127. The van der Waals surface area contributed by atoms with Gasteiger partial charge in [-0.05, 0) is 47.7 Å². The van der Waals surface area contributed by atoms with Crippen LogP contribution in [0, 0.1) is 10.5 Å². The van der Waals surface area contributed by atoms with Crippen molar-refractivity contribution < 1.29 is 9.90 Å². The fraction of sp³-hybridized carbons (Fsp3) is 0.0833. The Hall–Kier alpha value is -1.41. The van der Waals surface area contributed by atoms with Crippen LogP contribution in [0.5, 0.6) is 0 Å². The van der Waals surface area contributed by atoms with Gasteiger partial charge in [-0.2, -0.15) is 5.10 Å². The van der Waals surface area contributed by atoms with E-state index < -0.39 is 17.1 Å². The Balaban J connectivity index is 2.70. The molecule has 0 bridgehead atoms. The fourth-order valence-electron chi connectivity index (χ4n) is 1.54. The second-order valence-electron chi connectivity index (χ2n) is 3.84. The van der Waals surface area contributed by atoms with E-state index in [4.69, 9.17) is 16.7 Å². The van der Waals surface area contributed by atoms with Crippen molar-refractivity contribution in [3.63, 3.8) is 0 Å². The van der Waals surface area contributed by atoms with E-state index in [2.05, 4.69) is 27.7 Å². The zero-order valence-corrected chi connectivity index (χ0v) is 12.6. The van der Waals surface area contributed by atoms with Gasteiger partial charge in [-0.25, -0.2) is 9.48 Å². The summed E-state index contributed by atoms with van der Waals surface area (Å²) in [5.41, 5.74) is -0.297. The third kappa shape index (κ3) is 2.79. The van der Waals surface area contributed by atoms with Crippen molar-refractivity contribution in [2.24, 2.45) is 0 Å². The average molecular weight is 391 g/mol. The van der Waals surface area contributed by atoms with Crippen LogP contribution in [0.3, 0.4) is 0 Å². The van der Waals surface area contributed by atoms with Crippen LogP contribution in [0.25, 0.3) is 5.69 Å². The molecule has 0 fully saturated rings. The van der Waals surface area contributed by atoms with Crippen LogP contribution >= 0.6 is 34.2 Å². The SMILES string of the molecule is Cc1cn(-c2ccc(I)cc2Cl)nc(C(=O)O)c1=O. The molecule has 2 rings (SSSR count). The molecule has 0 spiro atoms. The Morgan fingerprint density at radius 1 is 1.47 bits per heavy atom. The molecule has 0 aliphatic heterocycles. The first kappa shape index (κ1) is 14.0. The number of rotatable bonds is 2. The van der Waals surface area contributed by atoms with Gasteiger partial charge in [0.15, 0.2) is 0 Å². The van der Waals surface area contributed by atoms with Crippen molar-refractivity contribution in [2.45, 2.75) is 6.92 Å². The Morgan fingerprint density at radius 2 is 2.16 bits per heavy atom. The summed E-state index contributed by atoms with van der Waals surface area (Å²) in [6, 6.07) is 5.26. The topological polar surface area (TPSA) is 72.2 Å². The number of carboxylic acid groups (broad SMARTS) is 1. The van der Waals surface area contributed by atoms with E-state index in [-0.39, 0.29) is 0 Å². The summed E-state index contributed by atoms with van der Waals surface area (Å²) in [4.78, 5) is 22.6. The van der Waals surface area contributed by atoms with Crippen molar-refractivity contribution >= 4 is 40.2 Å². The van der Waals surface area contributed by atoms with Gasteiger partial charge in [-0.3, -0.25) is 4.79 Å². The van der Waals surface area contributed by atoms with Crippen molar-refractivity contribution in [3.05, 3.63) is 54.5 Å². The Bertz CT molecular complexity index is 727. The van der Waals surface area contributed by atoms with E-state index in [0.717, 1.165) is 3.57 Å². The average Bonchev–Trinajstić information content (AvgIpc) is 2.32. The molecule has 0 aliphatic carbocycles. The normalized spacial score (nSPS) is 10.5. The lowest BCUT2D eigenvalue weighted by molar-refractivity contribution is 0.0686. The van der Waals surface area contributed by atoms with Crippen LogP contribution in [-0.4, -0.2) is 20.9 Å². The summed E-state index contributed by atoms with van der Waals surface area (Å²) >= 11 is 8.21. The lowest BCUT2D eigenvalue weighted by Gasteiger charge is -2.09. The Kier molecular flexibility index (Phi) is 3.91. The molecule has 1 heterocycles. The predicted octanol–water partition coefficient (Wildman–Crippen LogP) is 2.50. The molecule has 98 valence electrons. The summed E-state index contributed by atoms with van der Waals surface area (Å²) in [6.45, 7) is 1.54. The van der Waals surface area contributed by atoms with Crippen molar-refractivity contribution in [1.29, 1.82) is 0 Å². The van der Waals surface area contributed by atoms with Crippen LogP contribution in [0.2, 0.25) is 5.02 Å². The molecule has 1 N–H and O–H groups in total. The molecule has 0 aliphatic rings. The number of carbonyl (C=O) groups is 1. The quantitative estimate of drug-likeness (QED) is 0.800. The van der Waals surface area contributed by atoms with Crippen LogP contribution in [0.1, 0.15) is 16.1 Å². The number of hydrogen-bond donors (Lipinski definition) is 1. The molecule has 0 radical (unpaired) electrons. The molecular formula is C12H8ClIN2O3. The minimum Gasteiger partial charge on any atom is -0.476 e. The fourth-order valence-corrected chi connectivity index (χ4v) is 2.48. The summed E-state index contributed by atoms with van der Waals surface area (Å²) in [6.07, 6.45) is 1.46. The molecule has 7 heteroatoms. The zero-order valence-electron chi connectivity index (χ0n) is 9.72. The first-order valence-electron chi connectivity index (χ1n) is 5.19. The second-order valence-corrected chi connectivity index (χ2v) is 5.49. The standard InChI is InChI=1S/C12H8ClIN2O3/c1-6-5-16(15-10(11(6)17)12(18)19)9-3-2-7(14)4-8(9)13/h2-5H,1H3,(H,18,19). The van der Waals surface area contributed by atoms with Gasteiger partial charge in [0, 0.05) is 15.3 Å². The minimum atomic E-state index is -1.36. The van der Waals surface area contributed by atoms with E-state index in [1.165, 1.54) is 17.8 Å². The van der Waals surface area contributed by atoms with Crippen molar-refractivity contribution in [2.75, 3.05) is 0 Å². The van der Waals surface area contributed by atoms with Crippen LogP contribution in [-0.2, 0) is 0 Å². The van der Waals surface area contributed by atoms with Gasteiger partial charge in [-0.1, -0.05) is 11.6 Å². The lowest BCUT2D eigenvalue weighted by Crippen LogP contribution is -2.23. The molecule has 0 unspecified atom stereocenters. The first-order valence-corrected chi connectivity index (χ1v) is 6.65. The molecule has 19 heavy (non-hydrogen) atoms. The molecular weight excluding hydrogens is 383 g/mol. The maximum Gasteiger partial charge on any atom is 0.360 e. The van der Waals surface area contributed by atoms with Crippen molar-refractivity contribution in [1.82, 2.24) is 9.78 Å². The number of halogens is 2. The number of benzene rings is 1. The Labute approximate surface area is 127 Å². The van der Waals surface area contributed by atoms with Crippen LogP contribution < -0.4 is 5.43 Å². The Morgan fingerprint density at radius 3 is 2.74 bits per heavy atom. The number of aromatic nitrogens is 2. The van der Waals surface area contributed by atoms with E-state index >= 15 is 0 Å². The second kappa shape index (κ2) is 5.30. The summed E-state index contributed by atoms with van der Waals surface area (Å²) in [5.74, 6) is -1.36. The maximum atomic E-state index is 11.6. The molecule has 5 nitrogen and oxygen atoms in total. The monoisotopic (exact) mass is 390 g/mol. The molecule has 2 aromatic rings. The summed E-state index contributed by atoms with van der Waals surface area (Å²) < 4.78 is 2.25. The van der Waals surface area contributed by atoms with Gasteiger partial charge in [-0.15, -0.1) is 0 Å². The highest BCUT2D eigenvalue weighted by Gasteiger charge is 2.15. The smallest absolute Gasteiger partial charge is 0.360 e. The van der Waals surface area contributed by atoms with Gasteiger partial charge < -0.3 is 5.11 Å². The molecule has 0 amide bonds. The number of aromatic carboxylic acids is 1. The molecule has 1 aromatic carbocycles. The largest absolute Gasteiger partial charge is 0.476 e.